The number of rotatable bonds is 7. The van der Waals surface area contributed by atoms with Gasteiger partial charge in [-0.1, -0.05) is 5.92 Å². The lowest BCUT2D eigenvalue weighted by Crippen LogP contribution is -2.30. The van der Waals surface area contributed by atoms with Crippen LogP contribution in [0.25, 0.3) is 0 Å². The van der Waals surface area contributed by atoms with Gasteiger partial charge < -0.3 is 10.6 Å². The Morgan fingerprint density at radius 2 is 1.96 bits per heavy atom. The molecule has 0 saturated heterocycles. The number of nitrogens with one attached hydrogen (secondary N) is 3. The summed E-state index contributed by atoms with van der Waals surface area (Å²) in [5.41, 5.74) is -0.128. The normalized spacial score (nSPS) is 10.7. The summed E-state index contributed by atoms with van der Waals surface area (Å²) in [7, 11) is -4.03. The maximum Gasteiger partial charge on any atom is 0.263 e. The number of hydrogen-bond donors (Lipinski definition) is 3. The second kappa shape index (κ2) is 8.26. The summed E-state index contributed by atoms with van der Waals surface area (Å²) in [6.45, 7) is 0.00859. The zero-order valence-corrected chi connectivity index (χ0v) is 14.1. The summed E-state index contributed by atoms with van der Waals surface area (Å²) < 4.78 is 52.6. The fraction of sp³-hybridized carbons (Fsp3) is 0.125. The van der Waals surface area contributed by atoms with Crippen LogP contribution >= 0.6 is 0 Å². The van der Waals surface area contributed by atoms with Gasteiger partial charge in [-0.3, -0.25) is 9.52 Å². The molecule has 0 fully saturated rings. The van der Waals surface area contributed by atoms with Crippen LogP contribution in [0.3, 0.4) is 0 Å². The van der Waals surface area contributed by atoms with E-state index in [1.807, 2.05) is 0 Å². The number of nitrogens with zero attached hydrogens (tertiary/aromatic N) is 1. The molecule has 2 rings (SSSR count). The van der Waals surface area contributed by atoms with Gasteiger partial charge in [-0.25, -0.2) is 22.2 Å². The number of anilines is 2. The monoisotopic (exact) mass is 380 g/mol. The molecule has 136 valence electrons. The van der Waals surface area contributed by atoms with E-state index in [4.69, 9.17) is 6.42 Å². The van der Waals surface area contributed by atoms with Crippen LogP contribution in [0, 0.1) is 24.0 Å². The second-order valence-corrected chi connectivity index (χ2v) is 6.63. The first kappa shape index (κ1) is 19.1. The maximum atomic E-state index is 13.2. The molecule has 3 N–H and O–H groups in total. The van der Waals surface area contributed by atoms with Crippen molar-refractivity contribution in [3.05, 3.63) is 48.2 Å². The minimum atomic E-state index is -4.03. The van der Waals surface area contributed by atoms with E-state index < -0.39 is 21.7 Å². The first-order chi connectivity index (χ1) is 12.3. The Balaban J connectivity index is 2.03. The van der Waals surface area contributed by atoms with Crippen molar-refractivity contribution < 1.29 is 22.0 Å². The number of aromatic nitrogens is 1. The minimum absolute atomic E-state index is 0.0894. The molecule has 10 heteroatoms. The van der Waals surface area contributed by atoms with Gasteiger partial charge in [0.15, 0.2) is 11.6 Å². The number of amides is 1. The molecule has 7 nitrogen and oxygen atoms in total. The highest BCUT2D eigenvalue weighted by Gasteiger charge is 2.16. The van der Waals surface area contributed by atoms with E-state index >= 15 is 0 Å². The molecule has 26 heavy (non-hydrogen) atoms. The van der Waals surface area contributed by atoms with E-state index in [9.17, 15) is 22.0 Å². The summed E-state index contributed by atoms with van der Waals surface area (Å²) in [6.07, 6.45) is 6.07. The van der Waals surface area contributed by atoms with Gasteiger partial charge in [0, 0.05) is 12.3 Å². The van der Waals surface area contributed by atoms with E-state index in [-0.39, 0.29) is 35.4 Å². The first-order valence-corrected chi connectivity index (χ1v) is 8.68. The van der Waals surface area contributed by atoms with E-state index in [1.54, 1.807) is 0 Å². The zero-order valence-electron chi connectivity index (χ0n) is 13.3. The van der Waals surface area contributed by atoms with Gasteiger partial charge in [0.1, 0.15) is 10.7 Å². The van der Waals surface area contributed by atoms with Crippen LogP contribution in [-0.2, 0) is 14.8 Å². The highest BCUT2D eigenvalue weighted by Crippen LogP contribution is 2.18. The molecule has 0 saturated carbocycles. The Labute approximate surface area is 148 Å². The summed E-state index contributed by atoms with van der Waals surface area (Å²) in [5, 5.41) is 5.14. The van der Waals surface area contributed by atoms with Crippen molar-refractivity contribution in [3.63, 3.8) is 0 Å². The van der Waals surface area contributed by atoms with E-state index in [2.05, 4.69) is 26.3 Å². The Morgan fingerprint density at radius 1 is 1.19 bits per heavy atom. The third-order valence-corrected chi connectivity index (χ3v) is 4.40. The van der Waals surface area contributed by atoms with E-state index in [0.29, 0.717) is 0 Å². The Hall–Kier alpha value is -3.19. The average Bonchev–Trinajstić information content (AvgIpc) is 2.61. The zero-order chi connectivity index (χ0) is 19.2. The van der Waals surface area contributed by atoms with Gasteiger partial charge in [0.2, 0.25) is 5.91 Å². The lowest BCUT2D eigenvalue weighted by molar-refractivity contribution is -0.119. The fourth-order valence-corrected chi connectivity index (χ4v) is 2.79. The Morgan fingerprint density at radius 3 is 2.58 bits per heavy atom. The molecule has 1 aromatic heterocycles. The molecule has 0 unspecified atom stereocenters. The maximum absolute atomic E-state index is 13.2. The van der Waals surface area contributed by atoms with Crippen LogP contribution in [0.1, 0.15) is 0 Å². The molecule has 2 aromatic rings. The lowest BCUT2D eigenvalue weighted by atomic mass is 10.3. The molecule has 1 heterocycles. The smallest absolute Gasteiger partial charge is 0.263 e. The number of benzene rings is 1. The minimum Gasteiger partial charge on any atom is -0.361 e. The van der Waals surface area contributed by atoms with Crippen LogP contribution in [-0.4, -0.2) is 32.4 Å². The number of carbonyl (C=O) groups is 1. The van der Waals surface area contributed by atoms with Gasteiger partial charge in [-0.05, 0) is 24.3 Å². The molecule has 1 aromatic carbocycles. The quantitative estimate of drug-likeness (QED) is 0.629. The fourth-order valence-electron chi connectivity index (χ4n) is 1.80. The van der Waals surface area contributed by atoms with Crippen molar-refractivity contribution in [1.82, 2.24) is 10.3 Å². The van der Waals surface area contributed by atoms with Gasteiger partial charge in [0.05, 0.1) is 18.8 Å². The number of halogens is 2. The highest BCUT2D eigenvalue weighted by atomic mass is 32.2. The molecule has 1 amide bonds. The summed E-state index contributed by atoms with van der Waals surface area (Å²) in [5.74, 6) is -0.0826. The molecule has 0 atom stereocenters. The number of carbonyl (C=O) groups excluding carboxylic acids is 1. The lowest BCUT2D eigenvalue weighted by Gasteiger charge is -2.09. The molecule has 0 radical (unpaired) electrons. The van der Waals surface area contributed by atoms with Gasteiger partial charge in [-0.2, -0.15) is 0 Å². The third kappa shape index (κ3) is 5.15. The Bertz CT molecular complexity index is 941. The molecular weight excluding hydrogens is 366 g/mol. The number of pyridine rings is 1. The summed E-state index contributed by atoms with van der Waals surface area (Å²) in [4.78, 5) is 15.1. The average molecular weight is 380 g/mol. The SMILES string of the molecule is C#CCNC(=O)CNc1ccc(S(=O)(=O)Nc2ccc(F)c(F)c2)cn1. The van der Waals surface area contributed by atoms with Crippen LogP contribution in [0.5, 0.6) is 0 Å². The predicted octanol–water partition coefficient (Wildman–Crippen LogP) is 1.32. The predicted molar refractivity (Wildman–Crippen MR) is 91.7 cm³/mol. The van der Waals surface area contributed by atoms with Crippen molar-refractivity contribution in [3.8, 4) is 12.3 Å². The van der Waals surface area contributed by atoms with Crippen LogP contribution in [0.15, 0.2) is 41.4 Å². The molecule has 0 aliphatic heterocycles. The van der Waals surface area contributed by atoms with Crippen molar-refractivity contribution >= 4 is 27.4 Å². The van der Waals surface area contributed by atoms with Crippen molar-refractivity contribution in [2.75, 3.05) is 23.1 Å². The van der Waals surface area contributed by atoms with E-state index in [0.717, 1.165) is 24.4 Å². The first-order valence-electron chi connectivity index (χ1n) is 7.20. The molecule has 0 spiro atoms. The second-order valence-electron chi connectivity index (χ2n) is 4.95. The standard InChI is InChI=1S/C16H14F2N4O3S/c1-2-7-19-16(23)10-21-15-6-4-12(9-20-15)26(24,25)22-11-3-5-13(17)14(18)8-11/h1,3-6,8-9,22H,7,10H2,(H,19,23)(H,20,21). The Kier molecular flexibility index (Phi) is 6.08. The number of hydrogen-bond acceptors (Lipinski definition) is 5. The van der Waals surface area contributed by atoms with Crippen molar-refractivity contribution in [2.24, 2.45) is 0 Å². The van der Waals surface area contributed by atoms with E-state index in [1.165, 1.54) is 12.1 Å². The van der Waals surface area contributed by atoms with Crippen molar-refractivity contribution in [1.29, 1.82) is 0 Å². The highest BCUT2D eigenvalue weighted by molar-refractivity contribution is 7.92. The topological polar surface area (TPSA) is 100 Å². The van der Waals surface area contributed by atoms with Gasteiger partial charge in [0.25, 0.3) is 10.0 Å². The van der Waals surface area contributed by atoms with Crippen LogP contribution in [0.4, 0.5) is 20.3 Å². The number of sulfonamides is 1. The van der Waals surface area contributed by atoms with Crippen LogP contribution < -0.4 is 15.4 Å². The summed E-state index contributed by atoms with van der Waals surface area (Å²) in [6, 6.07) is 5.23. The third-order valence-electron chi connectivity index (χ3n) is 3.04. The van der Waals surface area contributed by atoms with Gasteiger partial charge in [-0.15, -0.1) is 6.42 Å². The molecule has 0 aliphatic rings. The molecule has 0 aliphatic carbocycles. The van der Waals surface area contributed by atoms with Gasteiger partial charge >= 0.3 is 0 Å². The molecule has 0 bridgehead atoms. The molecular formula is C16H14F2N4O3S. The largest absolute Gasteiger partial charge is 0.361 e. The van der Waals surface area contributed by atoms with Crippen molar-refractivity contribution in [2.45, 2.75) is 4.90 Å². The van der Waals surface area contributed by atoms with Crippen LogP contribution in [0.2, 0.25) is 0 Å². The number of terminal acetylenes is 1. The summed E-state index contributed by atoms with van der Waals surface area (Å²) >= 11 is 0.